The molecule has 4 atom stereocenters. The number of nitrogens with one attached hydrogen (secondary N) is 1. The molecule has 2 saturated heterocycles. The van der Waals surface area contributed by atoms with Gasteiger partial charge in [-0.05, 0) is 30.2 Å². The second-order valence-electron chi connectivity index (χ2n) is 8.34. The lowest BCUT2D eigenvalue weighted by atomic mass is 9.95. The third-order valence-corrected chi connectivity index (χ3v) is 8.23. The van der Waals surface area contributed by atoms with E-state index < -0.39 is 33.1 Å². The van der Waals surface area contributed by atoms with Crippen molar-refractivity contribution in [3.8, 4) is 0 Å². The number of thioether (sulfide) groups is 1. The van der Waals surface area contributed by atoms with Gasteiger partial charge in [0.25, 0.3) is 5.69 Å². The van der Waals surface area contributed by atoms with E-state index in [0.29, 0.717) is 5.56 Å². The van der Waals surface area contributed by atoms with Crippen LogP contribution in [0.25, 0.3) is 0 Å². The molecule has 178 valence electrons. The summed E-state index contributed by atoms with van der Waals surface area (Å²) in [7, 11) is 0. The number of alkyl halides is 1. The van der Waals surface area contributed by atoms with Crippen LogP contribution >= 0.6 is 23.4 Å². The molecule has 0 bridgehead atoms. The Morgan fingerprint density at radius 3 is 2.47 bits per heavy atom. The SMILES string of the molecule is C[C@@]1(CCl)S[C@@H]2[C@H](NC(=O)Cc3ccccc3)C(=O)N2[C@H]1C(=O)OCc1ccc([N+](=O)[O-])cc1. The predicted octanol–water partition coefficient (Wildman–Crippen LogP) is 2.65. The Morgan fingerprint density at radius 2 is 1.85 bits per heavy atom. The van der Waals surface area contributed by atoms with Gasteiger partial charge in [0.05, 0.1) is 16.1 Å². The quantitative estimate of drug-likeness (QED) is 0.193. The highest BCUT2D eigenvalue weighted by Crippen LogP contribution is 2.51. The first-order valence-corrected chi connectivity index (χ1v) is 11.9. The molecule has 2 aliphatic rings. The maximum Gasteiger partial charge on any atom is 0.330 e. The van der Waals surface area contributed by atoms with E-state index in [1.54, 1.807) is 6.92 Å². The van der Waals surface area contributed by atoms with Crippen LogP contribution in [-0.2, 0) is 32.1 Å². The van der Waals surface area contributed by atoms with E-state index >= 15 is 0 Å². The maximum absolute atomic E-state index is 13.0. The van der Waals surface area contributed by atoms with E-state index in [1.807, 2.05) is 30.3 Å². The summed E-state index contributed by atoms with van der Waals surface area (Å²) < 4.78 is 4.65. The average molecular weight is 504 g/mol. The number of esters is 1. The van der Waals surface area contributed by atoms with Gasteiger partial charge in [-0.3, -0.25) is 19.7 Å². The second kappa shape index (κ2) is 9.63. The fourth-order valence-corrected chi connectivity index (χ4v) is 6.02. The number of fused-ring (bicyclic) bond motifs is 1. The minimum atomic E-state index is -0.909. The molecule has 34 heavy (non-hydrogen) atoms. The number of rotatable bonds is 8. The molecular weight excluding hydrogens is 482 g/mol. The molecule has 2 aromatic carbocycles. The van der Waals surface area contributed by atoms with Crippen LogP contribution in [0.15, 0.2) is 54.6 Å². The van der Waals surface area contributed by atoms with E-state index in [4.69, 9.17) is 16.3 Å². The van der Waals surface area contributed by atoms with Gasteiger partial charge in [-0.15, -0.1) is 23.4 Å². The van der Waals surface area contributed by atoms with Crippen LogP contribution in [0.4, 0.5) is 5.69 Å². The van der Waals surface area contributed by atoms with E-state index in [9.17, 15) is 24.5 Å². The van der Waals surface area contributed by atoms with Crippen molar-refractivity contribution in [1.82, 2.24) is 10.2 Å². The Bertz CT molecular complexity index is 1120. The largest absolute Gasteiger partial charge is 0.459 e. The van der Waals surface area contributed by atoms with Gasteiger partial charge in [0, 0.05) is 18.0 Å². The van der Waals surface area contributed by atoms with Crippen molar-refractivity contribution in [2.45, 2.75) is 42.2 Å². The first-order valence-electron chi connectivity index (χ1n) is 10.5. The average Bonchev–Trinajstić information content (AvgIpc) is 3.12. The summed E-state index contributed by atoms with van der Waals surface area (Å²) >= 11 is 7.57. The van der Waals surface area contributed by atoms with Crippen molar-refractivity contribution < 1.29 is 24.0 Å². The zero-order chi connectivity index (χ0) is 24.5. The molecule has 1 N–H and O–H groups in total. The Kier molecular flexibility index (Phi) is 6.81. The molecular formula is C23H22ClN3O6S. The Labute approximate surface area is 204 Å². The van der Waals surface area contributed by atoms with Crippen molar-refractivity contribution in [3.63, 3.8) is 0 Å². The number of nitro benzene ring substituents is 1. The van der Waals surface area contributed by atoms with Gasteiger partial charge in [0.15, 0.2) is 0 Å². The number of carbonyl (C=O) groups is 3. The summed E-state index contributed by atoms with van der Waals surface area (Å²) in [6.45, 7) is 1.69. The Hall–Kier alpha value is -3.11. The van der Waals surface area contributed by atoms with Crippen molar-refractivity contribution in [2.24, 2.45) is 0 Å². The fourth-order valence-electron chi connectivity index (χ4n) is 4.07. The number of benzene rings is 2. The highest BCUT2D eigenvalue weighted by Gasteiger charge is 2.65. The topological polar surface area (TPSA) is 119 Å². The van der Waals surface area contributed by atoms with Crippen LogP contribution in [0.2, 0.25) is 0 Å². The van der Waals surface area contributed by atoms with E-state index in [-0.39, 0.29) is 36.4 Å². The summed E-state index contributed by atoms with van der Waals surface area (Å²) in [4.78, 5) is 50.1. The molecule has 4 rings (SSSR count). The number of nitrogens with zero attached hydrogens (tertiary/aromatic N) is 2. The summed E-state index contributed by atoms with van der Waals surface area (Å²) in [6, 6.07) is 13.2. The molecule has 0 radical (unpaired) electrons. The molecule has 0 unspecified atom stereocenters. The summed E-state index contributed by atoms with van der Waals surface area (Å²) in [6.07, 6.45) is 0.148. The summed E-state index contributed by atoms with van der Waals surface area (Å²) in [5.74, 6) is -1.15. The molecule has 0 saturated carbocycles. The van der Waals surface area contributed by atoms with Gasteiger partial charge in [0.2, 0.25) is 11.8 Å². The zero-order valence-electron chi connectivity index (χ0n) is 18.2. The van der Waals surface area contributed by atoms with Crippen LogP contribution < -0.4 is 5.32 Å². The third kappa shape index (κ3) is 4.60. The minimum Gasteiger partial charge on any atom is -0.459 e. The lowest BCUT2D eigenvalue weighted by Gasteiger charge is -2.44. The van der Waals surface area contributed by atoms with Gasteiger partial charge < -0.3 is 15.0 Å². The van der Waals surface area contributed by atoms with Crippen LogP contribution in [0.5, 0.6) is 0 Å². The molecule has 2 amide bonds. The number of hydrogen-bond acceptors (Lipinski definition) is 7. The number of β-lactam (4-membered cyclic amide) rings is 1. The molecule has 0 aromatic heterocycles. The van der Waals surface area contributed by atoms with Crippen molar-refractivity contribution in [2.75, 3.05) is 5.88 Å². The normalized spacial score (nSPS) is 25.3. The van der Waals surface area contributed by atoms with Crippen molar-refractivity contribution >= 4 is 46.8 Å². The van der Waals surface area contributed by atoms with Gasteiger partial charge in [-0.1, -0.05) is 30.3 Å². The molecule has 2 aliphatic heterocycles. The third-order valence-electron chi connectivity index (χ3n) is 5.87. The first kappa shape index (κ1) is 24.0. The number of halogens is 1. The van der Waals surface area contributed by atoms with E-state index in [1.165, 1.54) is 40.9 Å². The molecule has 2 heterocycles. The molecule has 0 spiro atoms. The van der Waals surface area contributed by atoms with Gasteiger partial charge in [0.1, 0.15) is 24.1 Å². The number of amides is 2. The molecule has 9 nitrogen and oxygen atoms in total. The monoisotopic (exact) mass is 503 g/mol. The van der Waals surface area contributed by atoms with Crippen molar-refractivity contribution in [3.05, 3.63) is 75.8 Å². The van der Waals surface area contributed by atoms with Crippen LogP contribution in [0.1, 0.15) is 18.1 Å². The first-order chi connectivity index (χ1) is 16.2. The molecule has 2 fully saturated rings. The van der Waals surface area contributed by atoms with Gasteiger partial charge >= 0.3 is 5.97 Å². The lowest BCUT2D eigenvalue weighted by Crippen LogP contribution is -2.71. The Morgan fingerprint density at radius 1 is 1.18 bits per heavy atom. The van der Waals surface area contributed by atoms with E-state index in [0.717, 1.165) is 5.56 Å². The summed E-state index contributed by atoms with van der Waals surface area (Å²) in [5, 5.41) is 13.1. The molecule has 11 heteroatoms. The number of non-ortho nitro benzene ring substituents is 1. The Balaban J connectivity index is 1.40. The smallest absolute Gasteiger partial charge is 0.330 e. The van der Waals surface area contributed by atoms with Crippen LogP contribution in [-0.4, -0.2) is 55.7 Å². The van der Waals surface area contributed by atoms with Crippen LogP contribution in [0.3, 0.4) is 0 Å². The fraction of sp³-hybridized carbons (Fsp3) is 0.348. The number of carbonyl (C=O) groups excluding carboxylic acids is 3. The predicted molar refractivity (Wildman–Crippen MR) is 126 cm³/mol. The number of nitro groups is 1. The van der Waals surface area contributed by atoms with Gasteiger partial charge in [-0.25, -0.2) is 4.79 Å². The highest BCUT2D eigenvalue weighted by atomic mass is 35.5. The number of ether oxygens (including phenoxy) is 1. The lowest BCUT2D eigenvalue weighted by molar-refractivity contribution is -0.384. The number of hydrogen-bond donors (Lipinski definition) is 1. The second-order valence-corrected chi connectivity index (χ2v) is 10.3. The van der Waals surface area contributed by atoms with Gasteiger partial charge in [-0.2, -0.15) is 0 Å². The van der Waals surface area contributed by atoms with Crippen LogP contribution in [0, 0.1) is 10.1 Å². The zero-order valence-corrected chi connectivity index (χ0v) is 19.8. The standard InChI is InChI=1S/C23H22ClN3O6S/c1-23(13-24)19(22(30)33-12-15-7-9-16(10-8-15)27(31)32)26-20(29)18(21(26)34-23)25-17(28)11-14-5-3-2-4-6-14/h2-10,18-19,21H,11-13H2,1H3,(H,25,28)/t18-,19+,21-,23+/m1/s1. The minimum absolute atomic E-state index is 0.0636. The van der Waals surface area contributed by atoms with E-state index in [2.05, 4.69) is 5.32 Å². The van der Waals surface area contributed by atoms with Crippen molar-refractivity contribution in [1.29, 1.82) is 0 Å². The maximum atomic E-state index is 13.0. The molecule has 0 aliphatic carbocycles. The highest BCUT2D eigenvalue weighted by molar-refractivity contribution is 8.01. The summed E-state index contributed by atoms with van der Waals surface area (Å²) in [5.41, 5.74) is 1.35. The molecule has 2 aromatic rings.